The third kappa shape index (κ3) is 3.98. The fourth-order valence-corrected chi connectivity index (χ4v) is 4.13. The van der Waals surface area contributed by atoms with E-state index in [0.717, 1.165) is 12.8 Å². The summed E-state index contributed by atoms with van der Waals surface area (Å²) in [4.78, 5) is 50.2. The molecule has 0 spiro atoms. The van der Waals surface area contributed by atoms with E-state index in [1.165, 1.54) is 4.90 Å². The van der Waals surface area contributed by atoms with Crippen LogP contribution >= 0.6 is 0 Å². The first-order chi connectivity index (χ1) is 16.3. The van der Waals surface area contributed by atoms with Gasteiger partial charge in [0, 0.05) is 18.0 Å². The van der Waals surface area contributed by atoms with E-state index < -0.39 is 6.04 Å². The molecule has 34 heavy (non-hydrogen) atoms. The quantitative estimate of drug-likeness (QED) is 0.541. The Bertz CT molecular complexity index is 1250. The van der Waals surface area contributed by atoms with Gasteiger partial charge in [-0.2, -0.15) is 10.4 Å². The number of fused-ring (bicyclic) bond motifs is 1. The summed E-state index contributed by atoms with van der Waals surface area (Å²) in [6.07, 6.45) is 1.85. The summed E-state index contributed by atoms with van der Waals surface area (Å²) in [5, 5.41) is 22.0. The van der Waals surface area contributed by atoms with Gasteiger partial charge in [-0.3, -0.25) is 23.9 Å². The molecule has 1 unspecified atom stereocenters. The normalized spacial score (nSPS) is 21.1. The molecule has 2 aliphatic heterocycles. The summed E-state index contributed by atoms with van der Waals surface area (Å²) >= 11 is 0. The lowest BCUT2D eigenvalue weighted by molar-refractivity contribution is -0.137. The Labute approximate surface area is 195 Å². The first-order valence-electron chi connectivity index (χ1n) is 11.2. The number of nitrogens with one attached hydrogen (secondary N) is 3. The molecule has 3 aliphatic rings. The highest BCUT2D eigenvalue weighted by Crippen LogP contribution is 2.34. The smallest absolute Gasteiger partial charge is 0.273 e. The van der Waals surface area contributed by atoms with Crippen LogP contribution in [-0.4, -0.2) is 57.6 Å². The van der Waals surface area contributed by atoms with Gasteiger partial charge in [0.05, 0.1) is 42.1 Å². The van der Waals surface area contributed by atoms with Gasteiger partial charge in [-0.1, -0.05) is 0 Å². The number of nitrogens with zero attached hydrogens (tertiary/aromatic N) is 4. The molecule has 1 saturated carbocycles. The summed E-state index contributed by atoms with van der Waals surface area (Å²) < 4.78 is 1.65. The van der Waals surface area contributed by atoms with Crippen molar-refractivity contribution in [3.8, 4) is 17.3 Å². The summed E-state index contributed by atoms with van der Waals surface area (Å²) in [5.41, 5.74) is 2.39. The van der Waals surface area contributed by atoms with Crippen molar-refractivity contribution in [3.63, 3.8) is 0 Å². The lowest BCUT2D eigenvalue weighted by Gasteiger charge is -2.33. The van der Waals surface area contributed by atoms with Crippen LogP contribution in [0, 0.1) is 17.2 Å². The lowest BCUT2D eigenvalue weighted by atomic mass is 10.1. The topological polar surface area (TPSA) is 149 Å². The van der Waals surface area contributed by atoms with Crippen LogP contribution in [0.15, 0.2) is 24.3 Å². The van der Waals surface area contributed by atoms with Crippen LogP contribution in [0.3, 0.4) is 0 Å². The average Bonchev–Trinajstić information content (AvgIpc) is 3.56. The van der Waals surface area contributed by atoms with Crippen molar-refractivity contribution in [2.75, 3.05) is 18.5 Å². The summed E-state index contributed by atoms with van der Waals surface area (Å²) in [6.45, 7) is 2.29. The first kappa shape index (κ1) is 21.6. The molecule has 1 saturated heterocycles. The predicted molar refractivity (Wildman–Crippen MR) is 119 cm³/mol. The van der Waals surface area contributed by atoms with E-state index in [4.69, 9.17) is 0 Å². The van der Waals surface area contributed by atoms with Gasteiger partial charge in [-0.05, 0) is 44.0 Å². The standard InChI is InChI=1S/C23H23N7O4/c1-12-10-29(11-25-22(33)18-8-20(31)26-18)23(34)19-7-17(28-30(12)19)15-5-2-13(9-24)6-16(15)27-21(32)14-3-4-14/h2,5-7,12,14,18H,3-4,8,10-11H2,1H3,(H,25,33)(H,26,31)(H,27,32)/t12-,18?/m0/s1. The van der Waals surface area contributed by atoms with Gasteiger partial charge in [0.15, 0.2) is 0 Å². The van der Waals surface area contributed by atoms with Crippen molar-refractivity contribution in [2.45, 2.75) is 38.3 Å². The molecule has 0 bridgehead atoms. The van der Waals surface area contributed by atoms with Crippen LogP contribution in [0.2, 0.25) is 0 Å². The highest BCUT2D eigenvalue weighted by Gasteiger charge is 2.35. The maximum atomic E-state index is 13.1. The number of hydrogen-bond acceptors (Lipinski definition) is 6. The van der Waals surface area contributed by atoms with Crippen LogP contribution < -0.4 is 16.0 Å². The Morgan fingerprint density at radius 2 is 2.00 bits per heavy atom. The molecule has 2 fully saturated rings. The Hall–Kier alpha value is -4.20. The van der Waals surface area contributed by atoms with Crippen molar-refractivity contribution < 1.29 is 19.2 Å². The van der Waals surface area contributed by atoms with Gasteiger partial charge in [-0.25, -0.2) is 0 Å². The molecule has 3 N–H and O–H groups in total. The molecule has 1 aliphatic carbocycles. The molecule has 4 amide bonds. The molecule has 11 nitrogen and oxygen atoms in total. The van der Waals surface area contributed by atoms with E-state index >= 15 is 0 Å². The minimum atomic E-state index is -0.553. The van der Waals surface area contributed by atoms with Crippen molar-refractivity contribution in [2.24, 2.45) is 5.92 Å². The van der Waals surface area contributed by atoms with Gasteiger partial charge in [0.25, 0.3) is 5.91 Å². The molecule has 2 aromatic rings. The van der Waals surface area contributed by atoms with Gasteiger partial charge in [0.1, 0.15) is 11.7 Å². The van der Waals surface area contributed by atoms with Gasteiger partial charge < -0.3 is 20.9 Å². The van der Waals surface area contributed by atoms with Crippen LogP contribution in [-0.2, 0) is 14.4 Å². The molecular weight excluding hydrogens is 438 g/mol. The molecular formula is C23H23N7O4. The molecule has 0 radical (unpaired) electrons. The number of β-lactam (4-membered cyclic amide) rings is 1. The fourth-order valence-electron chi connectivity index (χ4n) is 4.13. The highest BCUT2D eigenvalue weighted by atomic mass is 16.2. The Morgan fingerprint density at radius 3 is 2.68 bits per heavy atom. The maximum Gasteiger partial charge on any atom is 0.273 e. The number of amides is 4. The Morgan fingerprint density at radius 1 is 1.24 bits per heavy atom. The van der Waals surface area contributed by atoms with E-state index in [1.54, 1.807) is 28.9 Å². The molecule has 1 aromatic carbocycles. The van der Waals surface area contributed by atoms with Gasteiger partial charge in [0.2, 0.25) is 17.7 Å². The van der Waals surface area contributed by atoms with E-state index in [9.17, 15) is 24.4 Å². The summed E-state index contributed by atoms with van der Waals surface area (Å²) in [6, 6.07) is 8.01. The minimum Gasteiger partial charge on any atom is -0.344 e. The predicted octanol–water partition coefficient (Wildman–Crippen LogP) is 0.749. The van der Waals surface area contributed by atoms with Crippen LogP contribution in [0.4, 0.5) is 5.69 Å². The zero-order chi connectivity index (χ0) is 24.0. The number of nitriles is 1. The number of aromatic nitrogens is 2. The second kappa shape index (κ2) is 8.30. The largest absolute Gasteiger partial charge is 0.344 e. The molecule has 11 heteroatoms. The molecule has 2 atom stereocenters. The van der Waals surface area contributed by atoms with Crippen LogP contribution in [0.1, 0.15) is 48.3 Å². The minimum absolute atomic E-state index is 0.00702. The number of rotatable bonds is 6. The monoisotopic (exact) mass is 461 g/mol. The second-order valence-corrected chi connectivity index (χ2v) is 8.90. The van der Waals surface area contributed by atoms with E-state index in [1.807, 2.05) is 6.92 Å². The number of carbonyl (C=O) groups excluding carboxylic acids is 4. The van der Waals surface area contributed by atoms with Crippen molar-refractivity contribution in [1.29, 1.82) is 5.26 Å². The number of anilines is 1. The highest BCUT2D eigenvalue weighted by molar-refractivity contribution is 6.00. The van der Waals surface area contributed by atoms with E-state index in [0.29, 0.717) is 34.7 Å². The van der Waals surface area contributed by atoms with Crippen LogP contribution in [0.25, 0.3) is 11.3 Å². The molecule has 3 heterocycles. The number of benzene rings is 1. The van der Waals surface area contributed by atoms with E-state index in [-0.39, 0.29) is 48.7 Å². The van der Waals surface area contributed by atoms with Crippen molar-refractivity contribution in [1.82, 2.24) is 25.3 Å². The van der Waals surface area contributed by atoms with E-state index in [2.05, 4.69) is 27.1 Å². The molecule has 1 aromatic heterocycles. The third-order valence-corrected chi connectivity index (χ3v) is 6.26. The zero-order valence-electron chi connectivity index (χ0n) is 18.5. The lowest BCUT2D eigenvalue weighted by Crippen LogP contribution is -2.58. The Kier molecular flexibility index (Phi) is 5.28. The van der Waals surface area contributed by atoms with Crippen molar-refractivity contribution >= 4 is 29.3 Å². The zero-order valence-corrected chi connectivity index (χ0v) is 18.5. The maximum absolute atomic E-state index is 13.1. The third-order valence-electron chi connectivity index (χ3n) is 6.26. The Balaban J connectivity index is 1.37. The summed E-state index contributed by atoms with van der Waals surface area (Å²) in [7, 11) is 0. The first-order valence-corrected chi connectivity index (χ1v) is 11.2. The van der Waals surface area contributed by atoms with Gasteiger partial charge >= 0.3 is 0 Å². The average molecular weight is 461 g/mol. The number of carbonyl (C=O) groups is 4. The number of hydrogen-bond donors (Lipinski definition) is 3. The SMILES string of the molecule is C[C@H]1CN(CNC(=O)C2CC(=O)N2)C(=O)c2cc(-c3ccc(C#N)cc3NC(=O)C3CC3)nn21. The van der Waals surface area contributed by atoms with Crippen molar-refractivity contribution in [3.05, 3.63) is 35.5 Å². The molecule has 174 valence electrons. The fraction of sp³-hybridized carbons (Fsp3) is 0.391. The summed E-state index contributed by atoms with van der Waals surface area (Å²) in [5.74, 6) is -0.878. The second-order valence-electron chi connectivity index (χ2n) is 8.90. The molecule has 5 rings (SSSR count). The van der Waals surface area contributed by atoms with Gasteiger partial charge in [-0.15, -0.1) is 0 Å². The van der Waals surface area contributed by atoms with Crippen LogP contribution in [0.5, 0.6) is 0 Å².